The van der Waals surface area contributed by atoms with Crippen molar-refractivity contribution < 1.29 is 0 Å². The molecule has 20 heavy (non-hydrogen) atoms. The van der Waals surface area contributed by atoms with Gasteiger partial charge in [-0.2, -0.15) is 0 Å². The third-order valence-electron chi connectivity index (χ3n) is 3.44. The van der Waals surface area contributed by atoms with Crippen molar-refractivity contribution in [3.8, 4) is 0 Å². The van der Waals surface area contributed by atoms with Gasteiger partial charge in [-0.15, -0.1) is 11.3 Å². The van der Waals surface area contributed by atoms with Crippen molar-refractivity contribution in [2.75, 3.05) is 11.9 Å². The van der Waals surface area contributed by atoms with Crippen LogP contribution in [0.2, 0.25) is 5.02 Å². The van der Waals surface area contributed by atoms with Gasteiger partial charge in [-0.25, -0.2) is 4.98 Å². The molecule has 3 nitrogen and oxygen atoms in total. The molecule has 2 aromatic rings. The second-order valence-corrected chi connectivity index (χ2v) is 6.51. The van der Waals surface area contributed by atoms with Gasteiger partial charge in [-0.3, -0.25) is 0 Å². The van der Waals surface area contributed by atoms with E-state index in [0.29, 0.717) is 12.6 Å². The molecular weight excluding hydrogens is 290 g/mol. The minimum atomic E-state index is 0.633. The summed E-state index contributed by atoms with van der Waals surface area (Å²) in [7, 11) is 1.91. The van der Waals surface area contributed by atoms with Crippen LogP contribution in [-0.2, 0) is 13.1 Å². The van der Waals surface area contributed by atoms with Gasteiger partial charge in [-0.05, 0) is 43.5 Å². The molecule has 1 aliphatic carbocycles. The van der Waals surface area contributed by atoms with Gasteiger partial charge in [0.1, 0.15) is 5.82 Å². The van der Waals surface area contributed by atoms with Crippen molar-refractivity contribution in [1.82, 2.24) is 10.3 Å². The molecule has 1 N–H and O–H groups in total. The molecule has 0 aliphatic heterocycles. The number of nitrogens with zero attached hydrogens (tertiary/aromatic N) is 2. The molecule has 0 aromatic carbocycles. The highest BCUT2D eigenvalue weighted by Gasteiger charge is 2.30. The van der Waals surface area contributed by atoms with Crippen molar-refractivity contribution in [3.63, 3.8) is 0 Å². The summed E-state index contributed by atoms with van der Waals surface area (Å²) in [6, 6.07) is 8.92. The molecule has 0 bridgehead atoms. The molecule has 0 amide bonds. The Kier molecular flexibility index (Phi) is 4.24. The maximum Gasteiger partial charge on any atom is 0.129 e. The predicted molar refractivity (Wildman–Crippen MR) is 85.5 cm³/mol. The van der Waals surface area contributed by atoms with Crippen molar-refractivity contribution >= 4 is 28.8 Å². The molecule has 0 saturated heterocycles. The van der Waals surface area contributed by atoms with Gasteiger partial charge in [0.15, 0.2) is 0 Å². The summed E-state index contributed by atoms with van der Waals surface area (Å²) in [5.74, 6) is 1.04. The van der Waals surface area contributed by atoms with E-state index in [0.717, 1.165) is 23.1 Å². The first-order valence-corrected chi connectivity index (χ1v) is 8.12. The Balaban J connectivity index is 1.85. The summed E-state index contributed by atoms with van der Waals surface area (Å²) < 4.78 is 0. The van der Waals surface area contributed by atoms with Gasteiger partial charge in [0, 0.05) is 17.5 Å². The quantitative estimate of drug-likeness (QED) is 0.882. The van der Waals surface area contributed by atoms with Crippen molar-refractivity contribution in [3.05, 3.63) is 45.2 Å². The smallest absolute Gasteiger partial charge is 0.129 e. The summed E-state index contributed by atoms with van der Waals surface area (Å²) >= 11 is 8.00. The minimum absolute atomic E-state index is 0.633. The van der Waals surface area contributed by atoms with E-state index < -0.39 is 0 Å². The van der Waals surface area contributed by atoms with Gasteiger partial charge in [-0.1, -0.05) is 17.7 Å². The fourth-order valence-corrected chi connectivity index (χ4v) is 3.15. The van der Waals surface area contributed by atoms with E-state index in [1.54, 1.807) is 11.3 Å². The Labute approximate surface area is 128 Å². The highest BCUT2D eigenvalue weighted by atomic mass is 35.5. The summed E-state index contributed by atoms with van der Waals surface area (Å²) in [6.45, 7) is 1.64. The number of pyridine rings is 1. The highest BCUT2D eigenvalue weighted by molar-refractivity contribution is 7.09. The van der Waals surface area contributed by atoms with Gasteiger partial charge < -0.3 is 10.2 Å². The lowest BCUT2D eigenvalue weighted by Crippen LogP contribution is -2.26. The van der Waals surface area contributed by atoms with Crippen LogP contribution in [-0.4, -0.2) is 18.1 Å². The molecule has 0 atom stereocenters. The number of anilines is 1. The Morgan fingerprint density at radius 1 is 1.40 bits per heavy atom. The third kappa shape index (κ3) is 3.14. The van der Waals surface area contributed by atoms with E-state index in [2.05, 4.69) is 27.7 Å². The second kappa shape index (κ2) is 6.12. The molecule has 5 heteroatoms. The van der Waals surface area contributed by atoms with Crippen molar-refractivity contribution in [1.29, 1.82) is 0 Å². The number of hydrogen-bond donors (Lipinski definition) is 1. The highest BCUT2D eigenvalue weighted by Crippen LogP contribution is 2.33. The van der Waals surface area contributed by atoms with Gasteiger partial charge in [0.2, 0.25) is 0 Å². The Morgan fingerprint density at radius 3 is 2.90 bits per heavy atom. The van der Waals surface area contributed by atoms with E-state index in [-0.39, 0.29) is 0 Å². The van der Waals surface area contributed by atoms with Crippen LogP contribution in [0.15, 0.2) is 29.6 Å². The molecule has 0 spiro atoms. The second-order valence-electron chi connectivity index (χ2n) is 5.07. The van der Waals surface area contributed by atoms with Crippen LogP contribution in [0.5, 0.6) is 0 Å². The Morgan fingerprint density at radius 2 is 2.25 bits per heavy atom. The van der Waals surface area contributed by atoms with Gasteiger partial charge in [0.25, 0.3) is 0 Å². The lowest BCUT2D eigenvalue weighted by Gasteiger charge is -2.23. The average Bonchev–Trinajstić information content (AvgIpc) is 3.16. The van der Waals surface area contributed by atoms with Crippen LogP contribution >= 0.6 is 22.9 Å². The topological polar surface area (TPSA) is 28.2 Å². The molecule has 0 radical (unpaired) electrons. The zero-order valence-corrected chi connectivity index (χ0v) is 13.0. The zero-order valence-electron chi connectivity index (χ0n) is 11.5. The van der Waals surface area contributed by atoms with Crippen LogP contribution in [0, 0.1) is 0 Å². The van der Waals surface area contributed by atoms with E-state index >= 15 is 0 Å². The number of hydrogen-bond acceptors (Lipinski definition) is 4. The Bertz CT molecular complexity index is 567. The number of aromatic nitrogens is 1. The lowest BCUT2D eigenvalue weighted by atomic mass is 10.3. The molecule has 2 aromatic heterocycles. The first-order valence-electron chi connectivity index (χ1n) is 6.87. The molecule has 2 heterocycles. The fourth-order valence-electron chi connectivity index (χ4n) is 2.28. The molecule has 1 fully saturated rings. The van der Waals surface area contributed by atoms with Crippen molar-refractivity contribution in [2.45, 2.75) is 32.0 Å². The Hall–Kier alpha value is -1.10. The molecular formula is C15H18ClN3S. The average molecular weight is 308 g/mol. The minimum Gasteiger partial charge on any atom is -0.348 e. The summed E-state index contributed by atoms with van der Waals surface area (Å²) in [5, 5.41) is 5.98. The van der Waals surface area contributed by atoms with Crippen LogP contribution in [0.3, 0.4) is 0 Å². The van der Waals surface area contributed by atoms with E-state index in [4.69, 9.17) is 16.6 Å². The summed E-state index contributed by atoms with van der Waals surface area (Å²) in [5.41, 5.74) is 0.920. The zero-order chi connectivity index (χ0) is 13.9. The number of halogens is 1. The van der Waals surface area contributed by atoms with Crippen LogP contribution in [0.25, 0.3) is 0 Å². The van der Waals surface area contributed by atoms with E-state index in [1.807, 2.05) is 19.2 Å². The SMILES string of the molecule is CNCc1nc(N(Cc2cccs2)C2CC2)ccc1Cl. The predicted octanol–water partition coefficient (Wildman–Crippen LogP) is 3.68. The normalized spacial score (nSPS) is 14.5. The molecule has 1 aliphatic rings. The van der Waals surface area contributed by atoms with Crippen LogP contribution in [0.4, 0.5) is 5.82 Å². The van der Waals surface area contributed by atoms with Gasteiger partial charge in [0.05, 0.1) is 17.3 Å². The number of rotatable bonds is 6. The van der Waals surface area contributed by atoms with Crippen LogP contribution < -0.4 is 10.2 Å². The number of nitrogens with one attached hydrogen (secondary N) is 1. The monoisotopic (exact) mass is 307 g/mol. The molecule has 0 unspecified atom stereocenters. The van der Waals surface area contributed by atoms with E-state index in [9.17, 15) is 0 Å². The van der Waals surface area contributed by atoms with Crippen LogP contribution in [0.1, 0.15) is 23.4 Å². The van der Waals surface area contributed by atoms with Crippen molar-refractivity contribution in [2.24, 2.45) is 0 Å². The summed E-state index contributed by atoms with van der Waals surface area (Å²) in [4.78, 5) is 8.52. The largest absolute Gasteiger partial charge is 0.348 e. The first-order chi connectivity index (χ1) is 9.78. The molecule has 1 saturated carbocycles. The number of thiophene rings is 1. The maximum absolute atomic E-state index is 6.20. The maximum atomic E-state index is 6.20. The van der Waals surface area contributed by atoms with E-state index in [1.165, 1.54) is 17.7 Å². The summed E-state index contributed by atoms with van der Waals surface area (Å²) in [6.07, 6.45) is 2.52. The molecule has 3 rings (SSSR count). The third-order valence-corrected chi connectivity index (χ3v) is 4.64. The van der Waals surface area contributed by atoms with Gasteiger partial charge >= 0.3 is 0 Å². The standard InChI is InChI=1S/C15H18ClN3S/c1-17-9-14-13(16)6-7-15(18-14)19(11-4-5-11)10-12-3-2-8-20-12/h2-3,6-8,11,17H,4-5,9-10H2,1H3. The molecule has 106 valence electrons. The first kappa shape index (κ1) is 13.9. The lowest BCUT2D eigenvalue weighted by molar-refractivity contribution is 0.757. The fraction of sp³-hybridized carbons (Fsp3) is 0.400.